The molecular weight excluding hydrogens is 296 g/mol. The quantitative estimate of drug-likeness (QED) is 0.899. The van der Waals surface area contributed by atoms with Crippen molar-refractivity contribution in [2.45, 2.75) is 18.4 Å². The summed E-state index contributed by atoms with van der Waals surface area (Å²) in [6.07, 6.45) is 1.24. The van der Waals surface area contributed by atoms with Crippen molar-refractivity contribution in [1.82, 2.24) is 0 Å². The first-order chi connectivity index (χ1) is 8.64. The number of nitrogens with one attached hydrogen (secondary N) is 1. The molecule has 5 heteroatoms. The molecule has 0 aromatic heterocycles. The van der Waals surface area contributed by atoms with Gasteiger partial charge < -0.3 is 15.2 Å². The molecule has 0 unspecified atom stereocenters. The lowest BCUT2D eigenvalue weighted by molar-refractivity contribution is -0.0543. The average molecular weight is 311 g/mol. The van der Waals surface area contributed by atoms with Gasteiger partial charge in [-0.2, -0.15) is 5.26 Å². The maximum atomic E-state index is 10.3. The van der Waals surface area contributed by atoms with E-state index in [2.05, 4.69) is 27.3 Å². The molecule has 96 valence electrons. The smallest absolute Gasteiger partial charge is 0.103 e. The molecule has 1 heterocycles. The molecule has 1 saturated heterocycles. The van der Waals surface area contributed by atoms with Crippen molar-refractivity contribution < 1.29 is 9.84 Å². The highest BCUT2D eigenvalue weighted by molar-refractivity contribution is 9.10. The summed E-state index contributed by atoms with van der Waals surface area (Å²) in [5.74, 6) is 0. The number of anilines is 1. The topological polar surface area (TPSA) is 65.3 Å². The second-order valence-electron chi connectivity index (χ2n) is 4.46. The van der Waals surface area contributed by atoms with E-state index in [0.29, 0.717) is 38.2 Å². The highest BCUT2D eigenvalue weighted by atomic mass is 79.9. The summed E-state index contributed by atoms with van der Waals surface area (Å²) in [4.78, 5) is 0. The van der Waals surface area contributed by atoms with Gasteiger partial charge in [-0.25, -0.2) is 0 Å². The fourth-order valence-corrected chi connectivity index (χ4v) is 2.43. The molecule has 0 spiro atoms. The van der Waals surface area contributed by atoms with Crippen molar-refractivity contribution in [3.63, 3.8) is 0 Å². The van der Waals surface area contributed by atoms with Crippen molar-refractivity contribution >= 4 is 21.6 Å². The molecule has 0 radical (unpaired) electrons. The molecule has 0 aliphatic carbocycles. The van der Waals surface area contributed by atoms with Crippen LogP contribution in [0.4, 0.5) is 5.69 Å². The van der Waals surface area contributed by atoms with Gasteiger partial charge in [-0.15, -0.1) is 0 Å². The van der Waals surface area contributed by atoms with E-state index in [-0.39, 0.29) is 0 Å². The van der Waals surface area contributed by atoms with Crippen molar-refractivity contribution in [2.75, 3.05) is 25.1 Å². The monoisotopic (exact) mass is 310 g/mol. The summed E-state index contributed by atoms with van der Waals surface area (Å²) < 4.78 is 5.99. The van der Waals surface area contributed by atoms with E-state index < -0.39 is 5.60 Å². The number of benzene rings is 1. The number of nitriles is 1. The Bertz CT molecular complexity index is 465. The summed E-state index contributed by atoms with van der Waals surface area (Å²) >= 11 is 3.34. The SMILES string of the molecule is N#Cc1c(Br)cccc1NCC1(O)CCOCC1. The van der Waals surface area contributed by atoms with E-state index in [1.807, 2.05) is 18.2 Å². The molecule has 4 nitrogen and oxygen atoms in total. The number of ether oxygens (including phenoxy) is 1. The number of halogens is 1. The van der Waals surface area contributed by atoms with Crippen molar-refractivity contribution in [3.8, 4) is 6.07 Å². The van der Waals surface area contributed by atoms with Crippen molar-refractivity contribution in [3.05, 3.63) is 28.2 Å². The molecule has 1 aromatic rings. The van der Waals surface area contributed by atoms with Gasteiger partial charge in [0, 0.05) is 37.1 Å². The number of nitrogens with zero attached hydrogens (tertiary/aromatic N) is 1. The molecule has 2 rings (SSSR count). The Morgan fingerprint density at radius 2 is 2.17 bits per heavy atom. The molecule has 0 bridgehead atoms. The van der Waals surface area contributed by atoms with Gasteiger partial charge in [0.05, 0.1) is 16.9 Å². The minimum absolute atomic E-state index is 0.432. The van der Waals surface area contributed by atoms with E-state index in [4.69, 9.17) is 10.00 Å². The molecule has 0 amide bonds. The van der Waals surface area contributed by atoms with Crippen LogP contribution in [0.5, 0.6) is 0 Å². The maximum absolute atomic E-state index is 10.3. The predicted octanol–water partition coefficient (Wildman–Crippen LogP) is 2.27. The number of hydrogen-bond donors (Lipinski definition) is 2. The maximum Gasteiger partial charge on any atom is 0.103 e. The fourth-order valence-electron chi connectivity index (χ4n) is 1.97. The van der Waals surface area contributed by atoms with Gasteiger partial charge in [0.15, 0.2) is 0 Å². The van der Waals surface area contributed by atoms with Crippen LogP contribution in [-0.2, 0) is 4.74 Å². The summed E-state index contributed by atoms with van der Waals surface area (Å²) in [6.45, 7) is 1.60. The molecule has 1 aromatic carbocycles. The number of rotatable bonds is 3. The summed E-state index contributed by atoms with van der Waals surface area (Å²) in [6, 6.07) is 7.68. The summed E-state index contributed by atoms with van der Waals surface area (Å²) in [7, 11) is 0. The molecule has 18 heavy (non-hydrogen) atoms. The van der Waals surface area contributed by atoms with Gasteiger partial charge in [0.25, 0.3) is 0 Å². The lowest BCUT2D eigenvalue weighted by Gasteiger charge is -2.32. The molecule has 1 aliphatic rings. The van der Waals surface area contributed by atoms with Crippen LogP contribution in [0.1, 0.15) is 18.4 Å². The van der Waals surface area contributed by atoms with Crippen LogP contribution >= 0.6 is 15.9 Å². The van der Waals surface area contributed by atoms with Crippen LogP contribution in [0.15, 0.2) is 22.7 Å². The van der Waals surface area contributed by atoms with Crippen LogP contribution in [0, 0.1) is 11.3 Å². The molecule has 1 aliphatic heterocycles. The Kier molecular flexibility index (Phi) is 4.23. The van der Waals surface area contributed by atoms with Crippen LogP contribution in [0.2, 0.25) is 0 Å². The zero-order chi connectivity index (χ0) is 13.0. The average Bonchev–Trinajstić information content (AvgIpc) is 2.37. The third-order valence-electron chi connectivity index (χ3n) is 3.16. The second kappa shape index (κ2) is 5.70. The minimum atomic E-state index is -0.743. The first-order valence-electron chi connectivity index (χ1n) is 5.87. The minimum Gasteiger partial charge on any atom is -0.388 e. The lowest BCUT2D eigenvalue weighted by atomic mass is 9.94. The Labute approximate surface area is 115 Å². The van der Waals surface area contributed by atoms with Crippen molar-refractivity contribution in [1.29, 1.82) is 5.26 Å². The second-order valence-corrected chi connectivity index (χ2v) is 5.32. The lowest BCUT2D eigenvalue weighted by Crippen LogP contribution is -2.42. The van der Waals surface area contributed by atoms with Gasteiger partial charge in [0.1, 0.15) is 6.07 Å². The zero-order valence-corrected chi connectivity index (χ0v) is 11.5. The Morgan fingerprint density at radius 3 is 2.83 bits per heavy atom. The first-order valence-corrected chi connectivity index (χ1v) is 6.66. The van der Waals surface area contributed by atoms with E-state index in [1.54, 1.807) is 0 Å². The third-order valence-corrected chi connectivity index (χ3v) is 3.82. The molecule has 1 fully saturated rings. The predicted molar refractivity (Wildman–Crippen MR) is 72.3 cm³/mol. The summed E-state index contributed by atoms with van der Waals surface area (Å²) in [5.41, 5.74) is 0.563. The van der Waals surface area contributed by atoms with Crippen LogP contribution in [0.3, 0.4) is 0 Å². The van der Waals surface area contributed by atoms with Gasteiger partial charge in [0.2, 0.25) is 0 Å². The van der Waals surface area contributed by atoms with E-state index in [0.717, 1.165) is 10.2 Å². The van der Waals surface area contributed by atoms with Gasteiger partial charge in [-0.05, 0) is 28.1 Å². The van der Waals surface area contributed by atoms with Crippen molar-refractivity contribution in [2.24, 2.45) is 0 Å². The van der Waals surface area contributed by atoms with E-state index in [1.165, 1.54) is 0 Å². The van der Waals surface area contributed by atoms with Gasteiger partial charge in [-0.1, -0.05) is 6.07 Å². The molecule has 0 saturated carbocycles. The van der Waals surface area contributed by atoms with Crippen LogP contribution in [0.25, 0.3) is 0 Å². The van der Waals surface area contributed by atoms with Gasteiger partial charge >= 0.3 is 0 Å². The number of hydrogen-bond acceptors (Lipinski definition) is 4. The standard InChI is InChI=1S/C13H15BrN2O2/c14-11-2-1-3-12(10(11)8-15)16-9-13(17)4-6-18-7-5-13/h1-3,16-17H,4-7,9H2. The number of aliphatic hydroxyl groups is 1. The highest BCUT2D eigenvalue weighted by Crippen LogP contribution is 2.26. The first kappa shape index (κ1) is 13.3. The fraction of sp³-hybridized carbons (Fsp3) is 0.462. The summed E-state index contributed by atoms with van der Waals surface area (Å²) in [5, 5.41) is 22.6. The van der Waals surface area contributed by atoms with E-state index >= 15 is 0 Å². The highest BCUT2D eigenvalue weighted by Gasteiger charge is 2.29. The van der Waals surface area contributed by atoms with E-state index in [9.17, 15) is 5.11 Å². The van der Waals surface area contributed by atoms with Crippen LogP contribution < -0.4 is 5.32 Å². The Balaban J connectivity index is 2.06. The molecular formula is C13H15BrN2O2. The normalized spacial score (nSPS) is 18.1. The Morgan fingerprint density at radius 1 is 1.44 bits per heavy atom. The zero-order valence-electron chi connectivity index (χ0n) is 9.95. The molecule has 2 N–H and O–H groups in total. The van der Waals surface area contributed by atoms with Gasteiger partial charge in [-0.3, -0.25) is 0 Å². The third kappa shape index (κ3) is 3.02. The largest absolute Gasteiger partial charge is 0.388 e. The Hall–Kier alpha value is -1.09. The van der Waals surface area contributed by atoms with Crippen LogP contribution in [-0.4, -0.2) is 30.5 Å². The molecule has 0 atom stereocenters.